The van der Waals surface area contributed by atoms with Crippen molar-refractivity contribution >= 4 is 16.8 Å². The van der Waals surface area contributed by atoms with Crippen LogP contribution in [0.4, 0.5) is 0 Å². The number of carbonyl (C=O) groups excluding carboxylic acids is 1. The zero-order valence-corrected chi connectivity index (χ0v) is 13.7. The van der Waals surface area contributed by atoms with Gasteiger partial charge in [-0.3, -0.25) is 14.5 Å². The quantitative estimate of drug-likeness (QED) is 0.747. The number of carbonyl (C=O) groups is 1. The number of hydrogen-bond donors (Lipinski definition) is 2. The van der Waals surface area contributed by atoms with Crippen LogP contribution in [0.1, 0.15) is 24.4 Å². The number of amides is 1. The van der Waals surface area contributed by atoms with E-state index in [-0.39, 0.29) is 30.5 Å². The number of rotatable bonds is 5. The molecule has 0 radical (unpaired) electrons. The lowest BCUT2D eigenvalue weighted by Crippen LogP contribution is -2.42. The van der Waals surface area contributed by atoms with Crippen LogP contribution in [0.2, 0.25) is 0 Å². The van der Waals surface area contributed by atoms with E-state index in [2.05, 4.69) is 21.5 Å². The minimum absolute atomic E-state index is 0.0942. The fourth-order valence-electron chi connectivity index (χ4n) is 3.39. The Morgan fingerprint density at radius 1 is 1.32 bits per heavy atom. The molecule has 1 saturated carbocycles. The van der Waals surface area contributed by atoms with E-state index in [1.165, 1.54) is 0 Å². The van der Waals surface area contributed by atoms with E-state index < -0.39 is 0 Å². The van der Waals surface area contributed by atoms with Crippen LogP contribution >= 0.6 is 0 Å². The Morgan fingerprint density at radius 2 is 2.16 bits per heavy atom. The second-order valence-electron chi connectivity index (χ2n) is 6.60. The van der Waals surface area contributed by atoms with Crippen LogP contribution in [-0.4, -0.2) is 31.9 Å². The van der Waals surface area contributed by atoms with Crippen molar-refractivity contribution in [2.45, 2.75) is 31.5 Å². The minimum Gasteiger partial charge on any atom is -0.393 e. The van der Waals surface area contributed by atoms with Gasteiger partial charge in [-0.2, -0.15) is 5.10 Å². The van der Waals surface area contributed by atoms with Crippen LogP contribution in [0, 0.1) is 5.92 Å². The predicted octanol–water partition coefficient (Wildman–Crippen LogP) is 2.06. The number of nitrogens with zero attached hydrogens (tertiary/aromatic N) is 3. The topological polar surface area (TPSA) is 80.0 Å². The van der Waals surface area contributed by atoms with Crippen molar-refractivity contribution in [1.29, 1.82) is 0 Å². The van der Waals surface area contributed by atoms with Crippen LogP contribution in [-0.2, 0) is 11.3 Å². The molecule has 4 rings (SSSR count). The molecule has 1 atom stereocenters. The van der Waals surface area contributed by atoms with Crippen molar-refractivity contribution in [2.24, 2.45) is 5.92 Å². The van der Waals surface area contributed by atoms with E-state index >= 15 is 0 Å². The standard InChI is InChI=1S/C19H20N4O2/c24-16-9-14(10-16)19(22-18(25)12-23-7-3-6-21-23)15-8-13-4-1-2-5-17(13)20-11-15/h1-8,11,14,16,19,24H,9-10,12H2,(H,22,25)/t14?,16?,19-/m1/s1. The van der Waals surface area contributed by atoms with Gasteiger partial charge in [-0.05, 0) is 42.5 Å². The molecule has 6 heteroatoms. The largest absolute Gasteiger partial charge is 0.393 e. The van der Waals surface area contributed by atoms with Crippen molar-refractivity contribution in [3.63, 3.8) is 0 Å². The highest BCUT2D eigenvalue weighted by molar-refractivity contribution is 5.79. The Morgan fingerprint density at radius 3 is 2.92 bits per heavy atom. The summed E-state index contributed by atoms with van der Waals surface area (Å²) < 4.78 is 1.60. The molecule has 6 nitrogen and oxygen atoms in total. The van der Waals surface area contributed by atoms with Gasteiger partial charge in [0.1, 0.15) is 6.54 Å². The van der Waals surface area contributed by atoms with Gasteiger partial charge in [-0.15, -0.1) is 0 Å². The first-order valence-corrected chi connectivity index (χ1v) is 8.48. The summed E-state index contributed by atoms with van der Waals surface area (Å²) in [5.41, 5.74) is 1.91. The molecule has 128 valence electrons. The monoisotopic (exact) mass is 336 g/mol. The van der Waals surface area contributed by atoms with Gasteiger partial charge in [-0.1, -0.05) is 18.2 Å². The highest BCUT2D eigenvalue weighted by atomic mass is 16.3. The smallest absolute Gasteiger partial charge is 0.242 e. The van der Waals surface area contributed by atoms with Crippen molar-refractivity contribution in [3.05, 3.63) is 60.6 Å². The molecule has 1 amide bonds. The summed E-state index contributed by atoms with van der Waals surface area (Å²) in [6, 6.07) is 11.6. The van der Waals surface area contributed by atoms with Gasteiger partial charge < -0.3 is 10.4 Å². The van der Waals surface area contributed by atoms with Crippen LogP contribution in [0.5, 0.6) is 0 Å². The van der Waals surface area contributed by atoms with Crippen LogP contribution in [0.3, 0.4) is 0 Å². The second-order valence-corrected chi connectivity index (χ2v) is 6.60. The first-order chi connectivity index (χ1) is 12.2. The number of para-hydroxylation sites is 1. The number of aliphatic hydroxyl groups excluding tert-OH is 1. The van der Waals surface area contributed by atoms with E-state index in [4.69, 9.17) is 0 Å². The summed E-state index contributed by atoms with van der Waals surface area (Å²) in [5.74, 6) is 0.128. The van der Waals surface area contributed by atoms with Gasteiger partial charge in [0.05, 0.1) is 17.7 Å². The molecule has 2 aromatic heterocycles. The maximum absolute atomic E-state index is 12.4. The van der Waals surface area contributed by atoms with Gasteiger partial charge in [0.15, 0.2) is 0 Å². The summed E-state index contributed by atoms with van der Waals surface area (Å²) in [6.45, 7) is 0.180. The molecule has 25 heavy (non-hydrogen) atoms. The third-order valence-electron chi connectivity index (χ3n) is 4.77. The molecular formula is C19H20N4O2. The Balaban J connectivity index is 1.57. The zero-order valence-electron chi connectivity index (χ0n) is 13.7. The van der Waals surface area contributed by atoms with E-state index in [1.54, 1.807) is 23.1 Å². The van der Waals surface area contributed by atoms with Crippen LogP contribution in [0.25, 0.3) is 10.9 Å². The molecule has 1 aromatic carbocycles. The molecule has 2 heterocycles. The van der Waals surface area contributed by atoms with Crippen molar-refractivity contribution in [2.75, 3.05) is 0 Å². The summed E-state index contributed by atoms with van der Waals surface area (Å²) in [7, 11) is 0. The number of hydrogen-bond acceptors (Lipinski definition) is 4. The lowest BCUT2D eigenvalue weighted by molar-refractivity contribution is -0.123. The Bertz CT molecular complexity index is 872. The Hall–Kier alpha value is -2.73. The lowest BCUT2D eigenvalue weighted by Gasteiger charge is -2.38. The maximum Gasteiger partial charge on any atom is 0.242 e. The predicted molar refractivity (Wildman–Crippen MR) is 93.6 cm³/mol. The van der Waals surface area contributed by atoms with Gasteiger partial charge in [0, 0.05) is 24.0 Å². The van der Waals surface area contributed by atoms with Crippen LogP contribution in [0.15, 0.2) is 55.0 Å². The van der Waals surface area contributed by atoms with Crippen LogP contribution < -0.4 is 5.32 Å². The highest BCUT2D eigenvalue weighted by Crippen LogP contribution is 2.38. The van der Waals surface area contributed by atoms with Gasteiger partial charge in [-0.25, -0.2) is 0 Å². The fourth-order valence-corrected chi connectivity index (χ4v) is 3.39. The number of benzene rings is 1. The first-order valence-electron chi connectivity index (χ1n) is 8.48. The summed E-state index contributed by atoms with van der Waals surface area (Å²) in [5, 5.41) is 17.9. The van der Waals surface area contributed by atoms with E-state index in [0.29, 0.717) is 12.8 Å². The summed E-state index contributed by atoms with van der Waals surface area (Å²) in [6.07, 6.45) is 6.36. The lowest BCUT2D eigenvalue weighted by atomic mass is 9.75. The maximum atomic E-state index is 12.4. The molecule has 0 bridgehead atoms. The Labute approximate surface area is 145 Å². The molecule has 1 aliphatic carbocycles. The molecule has 0 aliphatic heterocycles. The number of pyridine rings is 1. The molecule has 1 fully saturated rings. The zero-order chi connectivity index (χ0) is 17.2. The van der Waals surface area contributed by atoms with Crippen molar-refractivity contribution < 1.29 is 9.90 Å². The second kappa shape index (κ2) is 6.64. The van der Waals surface area contributed by atoms with E-state index in [0.717, 1.165) is 16.5 Å². The third-order valence-corrected chi connectivity index (χ3v) is 4.77. The summed E-state index contributed by atoms with van der Waals surface area (Å²) >= 11 is 0. The average molecular weight is 336 g/mol. The normalized spacial score (nSPS) is 20.8. The highest BCUT2D eigenvalue weighted by Gasteiger charge is 2.35. The molecule has 0 spiro atoms. The molecule has 0 saturated heterocycles. The van der Waals surface area contributed by atoms with Gasteiger partial charge in [0.2, 0.25) is 5.91 Å². The number of nitrogens with one attached hydrogen (secondary N) is 1. The molecule has 1 aliphatic rings. The number of aliphatic hydroxyl groups is 1. The van der Waals surface area contributed by atoms with Crippen molar-refractivity contribution in [3.8, 4) is 0 Å². The SMILES string of the molecule is O=C(Cn1cccn1)N[C@@H](c1cnc2ccccc2c1)C1CC(O)C1. The average Bonchev–Trinajstić information content (AvgIpc) is 3.09. The third kappa shape index (κ3) is 3.39. The minimum atomic E-state index is -0.274. The number of fused-ring (bicyclic) bond motifs is 1. The van der Waals surface area contributed by atoms with Gasteiger partial charge >= 0.3 is 0 Å². The molecular weight excluding hydrogens is 316 g/mol. The van der Waals surface area contributed by atoms with Crippen molar-refractivity contribution in [1.82, 2.24) is 20.1 Å². The van der Waals surface area contributed by atoms with Gasteiger partial charge in [0.25, 0.3) is 0 Å². The first kappa shape index (κ1) is 15.8. The Kier molecular flexibility index (Phi) is 4.19. The molecule has 0 unspecified atom stereocenters. The summed E-state index contributed by atoms with van der Waals surface area (Å²) in [4.78, 5) is 16.9. The molecule has 2 N–H and O–H groups in total. The van der Waals surface area contributed by atoms with E-state index in [9.17, 15) is 9.90 Å². The number of aromatic nitrogens is 3. The molecule has 3 aromatic rings. The van der Waals surface area contributed by atoms with E-state index in [1.807, 2.05) is 30.5 Å². The fraction of sp³-hybridized carbons (Fsp3) is 0.316.